The van der Waals surface area contributed by atoms with Gasteiger partial charge in [0.25, 0.3) is 5.91 Å². The Kier molecular flexibility index (Phi) is 5.23. The van der Waals surface area contributed by atoms with Gasteiger partial charge >= 0.3 is 0 Å². The quantitative estimate of drug-likeness (QED) is 0.758. The van der Waals surface area contributed by atoms with E-state index in [1.807, 2.05) is 23.1 Å². The predicted molar refractivity (Wildman–Crippen MR) is 114 cm³/mol. The van der Waals surface area contributed by atoms with Gasteiger partial charge in [-0.05, 0) is 43.0 Å². The average molecular weight is 422 g/mol. The van der Waals surface area contributed by atoms with Crippen molar-refractivity contribution in [2.45, 2.75) is 43.8 Å². The summed E-state index contributed by atoms with van der Waals surface area (Å²) in [7, 11) is 0. The number of piperazine rings is 1. The van der Waals surface area contributed by atoms with Crippen molar-refractivity contribution in [1.82, 2.24) is 15.5 Å². The highest BCUT2D eigenvalue weighted by Crippen LogP contribution is 2.30. The van der Waals surface area contributed by atoms with Crippen LogP contribution in [0.3, 0.4) is 0 Å². The summed E-state index contributed by atoms with van der Waals surface area (Å²) in [6.07, 6.45) is 4.02. The molecular formula is C23H26N4O4. The molecular weight excluding hydrogens is 396 g/mol. The molecule has 3 aliphatic rings. The zero-order valence-electron chi connectivity index (χ0n) is 17.3. The number of anilines is 1. The summed E-state index contributed by atoms with van der Waals surface area (Å²) in [5.74, 6) is 0.114. The highest BCUT2D eigenvalue weighted by Gasteiger charge is 2.44. The number of rotatable bonds is 5. The number of hydrogen-bond donors (Lipinski definition) is 2. The van der Waals surface area contributed by atoms with E-state index in [0.29, 0.717) is 32.4 Å². The maximum absolute atomic E-state index is 12.9. The number of nitrogens with one attached hydrogen (secondary N) is 2. The van der Waals surface area contributed by atoms with Crippen molar-refractivity contribution in [3.63, 3.8) is 0 Å². The van der Waals surface area contributed by atoms with Crippen molar-refractivity contribution < 1.29 is 18.8 Å². The van der Waals surface area contributed by atoms with Crippen molar-refractivity contribution in [1.29, 1.82) is 0 Å². The van der Waals surface area contributed by atoms with Gasteiger partial charge in [0, 0.05) is 43.8 Å². The fraction of sp³-hybridized carbons (Fsp3) is 0.435. The minimum absolute atomic E-state index is 0.00852. The second-order valence-electron chi connectivity index (χ2n) is 8.46. The lowest BCUT2D eigenvalue weighted by Gasteiger charge is -2.37. The Morgan fingerprint density at radius 1 is 1.19 bits per heavy atom. The number of benzene rings is 1. The topological polar surface area (TPSA) is 94.9 Å². The Hall–Kier alpha value is -3.13. The van der Waals surface area contributed by atoms with Crippen molar-refractivity contribution in [2.24, 2.45) is 0 Å². The third kappa shape index (κ3) is 3.83. The first-order chi connectivity index (χ1) is 15.1. The molecule has 3 aliphatic heterocycles. The number of amides is 3. The second-order valence-corrected chi connectivity index (χ2v) is 8.46. The fourth-order valence-electron chi connectivity index (χ4n) is 5.03. The summed E-state index contributed by atoms with van der Waals surface area (Å²) in [5, 5.41) is 5.95. The summed E-state index contributed by atoms with van der Waals surface area (Å²) in [6.45, 7) is 1.85. The summed E-state index contributed by atoms with van der Waals surface area (Å²) in [6, 6.07) is 11.0. The van der Waals surface area contributed by atoms with E-state index in [1.165, 1.54) is 11.8 Å². The van der Waals surface area contributed by atoms with Crippen molar-refractivity contribution in [3.05, 3.63) is 54.0 Å². The van der Waals surface area contributed by atoms with Gasteiger partial charge in [0.05, 0.1) is 12.3 Å². The second kappa shape index (κ2) is 8.19. The third-order valence-electron chi connectivity index (χ3n) is 6.58. The molecule has 8 nitrogen and oxygen atoms in total. The van der Waals surface area contributed by atoms with Gasteiger partial charge in [-0.25, -0.2) is 0 Å². The van der Waals surface area contributed by atoms with E-state index in [1.54, 1.807) is 12.1 Å². The van der Waals surface area contributed by atoms with E-state index in [2.05, 4.69) is 21.6 Å². The van der Waals surface area contributed by atoms with E-state index in [-0.39, 0.29) is 41.6 Å². The number of nitrogens with zero attached hydrogens (tertiary/aromatic N) is 2. The van der Waals surface area contributed by atoms with Crippen LogP contribution in [0.15, 0.2) is 47.1 Å². The fourth-order valence-corrected chi connectivity index (χ4v) is 5.03. The minimum atomic E-state index is -0.275. The Labute approximate surface area is 180 Å². The van der Waals surface area contributed by atoms with Gasteiger partial charge in [0.15, 0.2) is 5.76 Å². The SMILES string of the molecule is O=C(NC1CC2C(=O)NCC(CCC(=O)N3CCc4ccccc43)N2C1)c1ccco1. The van der Waals surface area contributed by atoms with E-state index in [0.717, 1.165) is 18.7 Å². The molecule has 0 saturated carbocycles. The Balaban J connectivity index is 1.20. The number of fused-ring (bicyclic) bond motifs is 2. The van der Waals surface area contributed by atoms with Crippen LogP contribution >= 0.6 is 0 Å². The van der Waals surface area contributed by atoms with Crippen LogP contribution in [0, 0.1) is 0 Å². The van der Waals surface area contributed by atoms with Crippen LogP contribution in [0.25, 0.3) is 0 Å². The molecule has 1 aromatic carbocycles. The molecule has 2 N–H and O–H groups in total. The van der Waals surface area contributed by atoms with Gasteiger partial charge in [-0.3, -0.25) is 19.3 Å². The lowest BCUT2D eigenvalue weighted by molar-refractivity contribution is -0.129. The first-order valence-corrected chi connectivity index (χ1v) is 10.9. The molecule has 4 heterocycles. The Morgan fingerprint density at radius 2 is 2.06 bits per heavy atom. The summed E-state index contributed by atoms with van der Waals surface area (Å²) in [5.41, 5.74) is 2.24. The molecule has 3 atom stereocenters. The van der Waals surface area contributed by atoms with Crippen LogP contribution in [0.2, 0.25) is 0 Å². The number of para-hydroxylation sites is 1. The minimum Gasteiger partial charge on any atom is -0.459 e. The van der Waals surface area contributed by atoms with Crippen LogP contribution in [-0.2, 0) is 16.0 Å². The Morgan fingerprint density at radius 3 is 2.90 bits per heavy atom. The first-order valence-electron chi connectivity index (χ1n) is 10.9. The number of hydrogen-bond acceptors (Lipinski definition) is 5. The largest absolute Gasteiger partial charge is 0.459 e. The van der Waals surface area contributed by atoms with Crippen LogP contribution in [0.5, 0.6) is 0 Å². The molecule has 0 spiro atoms. The highest BCUT2D eigenvalue weighted by molar-refractivity contribution is 5.95. The van der Waals surface area contributed by atoms with Crippen molar-refractivity contribution in [3.8, 4) is 0 Å². The van der Waals surface area contributed by atoms with Crippen LogP contribution in [0.4, 0.5) is 5.69 Å². The number of carbonyl (C=O) groups excluding carboxylic acids is 3. The van der Waals surface area contributed by atoms with Crippen molar-refractivity contribution >= 4 is 23.4 Å². The molecule has 5 rings (SSSR count). The molecule has 31 heavy (non-hydrogen) atoms. The van der Waals surface area contributed by atoms with Crippen LogP contribution in [-0.4, -0.2) is 60.4 Å². The Bertz CT molecular complexity index is 989. The summed E-state index contributed by atoms with van der Waals surface area (Å²) >= 11 is 0. The smallest absolute Gasteiger partial charge is 0.287 e. The molecule has 162 valence electrons. The van der Waals surface area contributed by atoms with E-state index >= 15 is 0 Å². The third-order valence-corrected chi connectivity index (χ3v) is 6.58. The average Bonchev–Trinajstić information content (AvgIpc) is 3.52. The normalized spacial score (nSPS) is 25.1. The van der Waals surface area contributed by atoms with Crippen LogP contribution in [0.1, 0.15) is 35.4 Å². The zero-order chi connectivity index (χ0) is 21.4. The van der Waals surface area contributed by atoms with E-state index in [9.17, 15) is 14.4 Å². The number of carbonyl (C=O) groups is 3. The van der Waals surface area contributed by atoms with E-state index < -0.39 is 0 Å². The molecule has 0 radical (unpaired) electrons. The van der Waals surface area contributed by atoms with Crippen LogP contribution < -0.4 is 15.5 Å². The molecule has 3 unspecified atom stereocenters. The van der Waals surface area contributed by atoms with Gasteiger partial charge in [-0.1, -0.05) is 18.2 Å². The molecule has 2 fully saturated rings. The zero-order valence-corrected chi connectivity index (χ0v) is 17.3. The highest BCUT2D eigenvalue weighted by atomic mass is 16.3. The van der Waals surface area contributed by atoms with E-state index in [4.69, 9.17) is 4.42 Å². The maximum atomic E-state index is 12.9. The summed E-state index contributed by atoms with van der Waals surface area (Å²) < 4.78 is 5.16. The standard InChI is InChI=1S/C23H26N4O4/c28-21(26-10-9-15-4-1-2-5-18(15)26)8-7-17-13-24-22(29)19-12-16(14-27(17)19)25-23(30)20-6-3-11-31-20/h1-6,11,16-17,19H,7-10,12-14H2,(H,24,29)(H,25,30). The molecule has 1 aromatic heterocycles. The van der Waals surface area contributed by atoms with Gasteiger partial charge < -0.3 is 20.0 Å². The maximum Gasteiger partial charge on any atom is 0.287 e. The van der Waals surface area contributed by atoms with Gasteiger partial charge in [-0.15, -0.1) is 0 Å². The molecule has 2 saturated heterocycles. The van der Waals surface area contributed by atoms with Crippen molar-refractivity contribution in [2.75, 3.05) is 24.5 Å². The predicted octanol–water partition coefficient (Wildman–Crippen LogP) is 1.32. The molecule has 3 amide bonds. The van der Waals surface area contributed by atoms with Gasteiger partial charge in [0.2, 0.25) is 11.8 Å². The molecule has 2 aromatic rings. The molecule has 0 aliphatic carbocycles. The molecule has 0 bridgehead atoms. The molecule has 8 heteroatoms. The lowest BCUT2D eigenvalue weighted by Crippen LogP contribution is -2.58. The first kappa shape index (κ1) is 19.8. The van der Waals surface area contributed by atoms with Gasteiger partial charge in [-0.2, -0.15) is 0 Å². The summed E-state index contributed by atoms with van der Waals surface area (Å²) in [4.78, 5) is 41.7. The number of furan rings is 1. The monoisotopic (exact) mass is 422 g/mol. The lowest BCUT2D eigenvalue weighted by atomic mass is 10.0. The van der Waals surface area contributed by atoms with Gasteiger partial charge in [0.1, 0.15) is 0 Å².